The van der Waals surface area contributed by atoms with Crippen molar-refractivity contribution in [2.75, 3.05) is 7.11 Å². The molecule has 0 bridgehead atoms. The van der Waals surface area contributed by atoms with Crippen LogP contribution in [0.25, 0.3) is 0 Å². The normalized spacial score (nSPS) is 11.2. The summed E-state index contributed by atoms with van der Waals surface area (Å²) in [7, 11) is -0.728. The van der Waals surface area contributed by atoms with Crippen molar-refractivity contribution in [2.45, 2.75) is 6.36 Å². The zero-order valence-corrected chi connectivity index (χ0v) is 10.0. The van der Waals surface area contributed by atoms with Gasteiger partial charge in [-0.05, 0) is 28.1 Å². The first-order valence-electron chi connectivity index (χ1n) is 4.24. The van der Waals surface area contributed by atoms with E-state index in [4.69, 9.17) is 14.8 Å². The Hall–Kier alpha value is -0.925. The Bertz CT molecular complexity index is 410. The molecule has 1 rings (SSSR count). The molecule has 0 saturated carbocycles. The summed E-state index contributed by atoms with van der Waals surface area (Å²) in [4.78, 5) is 0. The molecule has 0 saturated heterocycles. The van der Waals surface area contributed by atoms with Crippen LogP contribution in [0.2, 0.25) is 0 Å². The van der Waals surface area contributed by atoms with Crippen molar-refractivity contribution in [3.8, 4) is 11.5 Å². The van der Waals surface area contributed by atoms with E-state index in [0.29, 0.717) is 0 Å². The SMILES string of the molecule is COc1c(Br)cc(OC(F)(F)F)cc1B(O)O. The maximum Gasteiger partial charge on any atom is 0.573 e. The van der Waals surface area contributed by atoms with Gasteiger partial charge in [-0.1, -0.05) is 0 Å². The molecular weight excluding hydrogens is 308 g/mol. The largest absolute Gasteiger partial charge is 0.573 e. The first-order chi connectivity index (χ1) is 7.74. The monoisotopic (exact) mass is 314 g/mol. The van der Waals surface area contributed by atoms with Crippen LogP contribution in [0.15, 0.2) is 16.6 Å². The Morgan fingerprint density at radius 1 is 1.29 bits per heavy atom. The van der Waals surface area contributed by atoms with E-state index in [9.17, 15) is 13.2 Å². The Kier molecular flexibility index (Phi) is 4.28. The number of alkyl halides is 3. The van der Waals surface area contributed by atoms with Gasteiger partial charge in [0.05, 0.1) is 11.6 Å². The molecule has 0 unspecified atom stereocenters. The number of methoxy groups -OCH3 is 1. The molecule has 94 valence electrons. The van der Waals surface area contributed by atoms with Crippen molar-refractivity contribution in [3.63, 3.8) is 0 Å². The number of rotatable bonds is 3. The van der Waals surface area contributed by atoms with Crippen LogP contribution in [0.1, 0.15) is 0 Å². The highest BCUT2D eigenvalue weighted by molar-refractivity contribution is 9.10. The second-order valence-corrected chi connectivity index (χ2v) is 3.80. The van der Waals surface area contributed by atoms with Crippen molar-refractivity contribution in [2.24, 2.45) is 0 Å². The van der Waals surface area contributed by atoms with E-state index in [0.717, 1.165) is 12.1 Å². The zero-order valence-electron chi connectivity index (χ0n) is 8.45. The van der Waals surface area contributed by atoms with E-state index in [2.05, 4.69) is 20.7 Å². The first kappa shape index (κ1) is 14.1. The summed E-state index contributed by atoms with van der Waals surface area (Å²) in [6.07, 6.45) is -4.86. The maximum absolute atomic E-state index is 12.0. The lowest BCUT2D eigenvalue weighted by Crippen LogP contribution is -2.32. The zero-order chi connectivity index (χ0) is 13.2. The standard InChI is InChI=1S/C8H7BBrF3O4/c1-16-7-5(9(14)15)2-4(3-6(7)10)17-8(11,12)13/h2-3,14-15H,1H3. The lowest BCUT2D eigenvalue weighted by Gasteiger charge is -2.14. The number of halogens is 4. The van der Waals surface area contributed by atoms with Gasteiger partial charge in [0.1, 0.15) is 11.5 Å². The van der Waals surface area contributed by atoms with E-state index < -0.39 is 19.2 Å². The fourth-order valence-corrected chi connectivity index (χ4v) is 1.80. The van der Waals surface area contributed by atoms with E-state index in [1.807, 2.05) is 0 Å². The minimum absolute atomic E-state index is 0.0227. The third-order valence-corrected chi connectivity index (χ3v) is 2.35. The lowest BCUT2D eigenvalue weighted by molar-refractivity contribution is -0.274. The first-order valence-corrected chi connectivity index (χ1v) is 5.03. The summed E-state index contributed by atoms with van der Waals surface area (Å²) in [6, 6.07) is 1.85. The molecule has 0 radical (unpaired) electrons. The van der Waals surface area contributed by atoms with Gasteiger partial charge in [-0.3, -0.25) is 0 Å². The van der Waals surface area contributed by atoms with Gasteiger partial charge in [-0.15, -0.1) is 13.2 Å². The molecule has 0 atom stereocenters. The van der Waals surface area contributed by atoms with Crippen LogP contribution in [-0.4, -0.2) is 30.6 Å². The van der Waals surface area contributed by atoms with Crippen molar-refractivity contribution in [1.29, 1.82) is 0 Å². The summed E-state index contributed by atoms with van der Waals surface area (Å²) >= 11 is 2.94. The van der Waals surface area contributed by atoms with Crippen molar-refractivity contribution >= 4 is 28.5 Å². The van der Waals surface area contributed by atoms with Crippen LogP contribution < -0.4 is 14.9 Å². The van der Waals surface area contributed by atoms with E-state index >= 15 is 0 Å². The topological polar surface area (TPSA) is 58.9 Å². The lowest BCUT2D eigenvalue weighted by atomic mass is 9.79. The molecule has 0 amide bonds. The molecule has 4 nitrogen and oxygen atoms in total. The van der Waals surface area contributed by atoms with Crippen LogP contribution in [0.3, 0.4) is 0 Å². The van der Waals surface area contributed by atoms with E-state index in [1.165, 1.54) is 7.11 Å². The third kappa shape index (κ3) is 3.79. The molecule has 1 aromatic carbocycles. The molecule has 0 aliphatic carbocycles. The van der Waals surface area contributed by atoms with Gasteiger partial charge in [0.15, 0.2) is 0 Å². The fraction of sp³-hybridized carbons (Fsp3) is 0.250. The fourth-order valence-electron chi connectivity index (χ4n) is 1.19. The Labute approximate surface area is 103 Å². The smallest absolute Gasteiger partial charge is 0.496 e. The van der Waals surface area contributed by atoms with Crippen LogP contribution >= 0.6 is 15.9 Å². The van der Waals surface area contributed by atoms with Crippen LogP contribution in [0.5, 0.6) is 11.5 Å². The molecule has 0 heterocycles. The average Bonchev–Trinajstić information content (AvgIpc) is 2.13. The molecule has 9 heteroatoms. The summed E-state index contributed by atoms with van der Waals surface area (Å²) in [5.74, 6) is -0.553. The quantitative estimate of drug-likeness (QED) is 0.818. The third-order valence-electron chi connectivity index (χ3n) is 1.76. The minimum atomic E-state index is -4.86. The molecule has 0 fully saturated rings. The second kappa shape index (κ2) is 5.15. The highest BCUT2D eigenvalue weighted by atomic mass is 79.9. The van der Waals surface area contributed by atoms with Crippen LogP contribution in [0.4, 0.5) is 13.2 Å². The average molecular weight is 315 g/mol. The van der Waals surface area contributed by atoms with Gasteiger partial charge in [0.2, 0.25) is 0 Å². The summed E-state index contributed by atoms with van der Waals surface area (Å²) in [5, 5.41) is 18.0. The molecule has 0 aliphatic rings. The van der Waals surface area contributed by atoms with E-state index in [-0.39, 0.29) is 15.7 Å². The van der Waals surface area contributed by atoms with Crippen molar-refractivity contribution < 1.29 is 32.7 Å². The predicted molar refractivity (Wildman–Crippen MR) is 57.2 cm³/mol. The number of hydrogen-bond donors (Lipinski definition) is 2. The molecule has 2 N–H and O–H groups in total. The highest BCUT2D eigenvalue weighted by Gasteiger charge is 2.32. The Morgan fingerprint density at radius 3 is 2.29 bits per heavy atom. The number of benzene rings is 1. The summed E-state index contributed by atoms with van der Waals surface area (Å²) in [6.45, 7) is 0. The van der Waals surface area contributed by atoms with Crippen molar-refractivity contribution in [3.05, 3.63) is 16.6 Å². The number of ether oxygens (including phenoxy) is 2. The van der Waals surface area contributed by atoms with Gasteiger partial charge < -0.3 is 19.5 Å². The van der Waals surface area contributed by atoms with Crippen LogP contribution in [0, 0.1) is 0 Å². The summed E-state index contributed by atoms with van der Waals surface area (Å²) < 4.78 is 44.6. The van der Waals surface area contributed by atoms with Gasteiger partial charge >= 0.3 is 13.5 Å². The van der Waals surface area contributed by atoms with Crippen molar-refractivity contribution in [1.82, 2.24) is 0 Å². The molecule has 17 heavy (non-hydrogen) atoms. The molecule has 0 aliphatic heterocycles. The van der Waals surface area contributed by atoms with Gasteiger partial charge in [-0.25, -0.2) is 0 Å². The predicted octanol–water partition coefficient (Wildman–Crippen LogP) is 1.04. The van der Waals surface area contributed by atoms with Gasteiger partial charge in [0, 0.05) is 5.46 Å². The molecule has 0 aromatic heterocycles. The van der Waals surface area contributed by atoms with E-state index in [1.54, 1.807) is 0 Å². The Morgan fingerprint density at radius 2 is 1.88 bits per heavy atom. The van der Waals surface area contributed by atoms with Gasteiger partial charge in [-0.2, -0.15) is 0 Å². The maximum atomic E-state index is 12.0. The second-order valence-electron chi connectivity index (χ2n) is 2.95. The number of hydrogen-bond acceptors (Lipinski definition) is 4. The summed E-state index contributed by atoms with van der Waals surface area (Å²) in [5.41, 5.74) is -0.235. The molecule has 1 aromatic rings. The van der Waals surface area contributed by atoms with Gasteiger partial charge in [0.25, 0.3) is 0 Å². The highest BCUT2D eigenvalue weighted by Crippen LogP contribution is 2.30. The minimum Gasteiger partial charge on any atom is -0.496 e. The molecule has 0 spiro atoms. The van der Waals surface area contributed by atoms with Crippen LogP contribution in [-0.2, 0) is 0 Å². The Balaban J connectivity index is 3.20. The molecular formula is C8H7BBrF3O4.